The van der Waals surface area contributed by atoms with Crippen LogP contribution in [0.1, 0.15) is 17.7 Å². The summed E-state index contributed by atoms with van der Waals surface area (Å²) in [6.07, 6.45) is -1.52. The van der Waals surface area contributed by atoms with Crippen LogP contribution in [0.3, 0.4) is 0 Å². The van der Waals surface area contributed by atoms with Gasteiger partial charge in [0.25, 0.3) is 5.69 Å². The van der Waals surface area contributed by atoms with Gasteiger partial charge in [-0.15, -0.1) is 0 Å². The van der Waals surface area contributed by atoms with Crippen molar-refractivity contribution in [3.05, 3.63) is 33.9 Å². The Balaban J connectivity index is 2.56. The quantitative estimate of drug-likeness (QED) is 0.644. The maximum absolute atomic E-state index is 11.8. The van der Waals surface area contributed by atoms with Gasteiger partial charge in [0, 0.05) is 23.4 Å². The van der Waals surface area contributed by atoms with E-state index in [1.165, 1.54) is 19.1 Å². The number of nitro groups is 1. The highest BCUT2D eigenvalue weighted by Gasteiger charge is 2.42. The molecule has 1 N–H and O–H groups in total. The third kappa shape index (κ3) is 1.93. The van der Waals surface area contributed by atoms with E-state index in [1.54, 1.807) is 0 Å². The van der Waals surface area contributed by atoms with Crippen molar-refractivity contribution in [3.63, 3.8) is 0 Å². The predicted octanol–water partition coefficient (Wildman–Crippen LogP) is 0.781. The van der Waals surface area contributed by atoms with Gasteiger partial charge in [-0.1, -0.05) is 6.92 Å². The summed E-state index contributed by atoms with van der Waals surface area (Å²) in [6, 6.07) is 3.62. The molecule has 0 aliphatic carbocycles. The minimum Gasteiger partial charge on any atom is -0.463 e. The molecule has 0 saturated carbocycles. The molecule has 7 nitrogen and oxygen atoms in total. The van der Waals surface area contributed by atoms with Crippen LogP contribution in [0.2, 0.25) is 0 Å². The molecule has 0 bridgehead atoms. The Morgan fingerprint density at radius 1 is 1.50 bits per heavy atom. The number of nitro benzene ring substituents is 1. The third-order valence-electron chi connectivity index (χ3n) is 2.81. The van der Waals surface area contributed by atoms with Gasteiger partial charge in [-0.2, -0.15) is 0 Å². The lowest BCUT2D eigenvalue weighted by molar-refractivity contribution is -0.384. The van der Waals surface area contributed by atoms with E-state index in [0.717, 1.165) is 6.07 Å². The minimum absolute atomic E-state index is 0.138. The lowest BCUT2D eigenvalue weighted by Crippen LogP contribution is -2.26. The molecule has 1 aliphatic rings. The summed E-state index contributed by atoms with van der Waals surface area (Å²) in [5.74, 6) is -0.0182. The van der Waals surface area contributed by atoms with Crippen LogP contribution in [0.5, 0.6) is 5.75 Å². The monoisotopic (exact) mass is 273 g/mol. The first kappa shape index (κ1) is 12.8. The fourth-order valence-electron chi connectivity index (χ4n) is 1.87. The van der Waals surface area contributed by atoms with E-state index >= 15 is 0 Å². The smallest absolute Gasteiger partial charge is 0.270 e. The summed E-state index contributed by atoms with van der Waals surface area (Å²) in [4.78, 5) is 10.0. The second-order valence-corrected chi connectivity index (χ2v) is 6.27. The van der Waals surface area contributed by atoms with E-state index in [2.05, 4.69) is 0 Å². The van der Waals surface area contributed by atoms with Gasteiger partial charge in [0.2, 0.25) is 6.29 Å². The van der Waals surface area contributed by atoms with Crippen molar-refractivity contribution in [2.45, 2.75) is 18.5 Å². The number of hydrogen-bond acceptors (Lipinski definition) is 6. The molecule has 0 amide bonds. The molecule has 0 aromatic heterocycles. The Kier molecular flexibility index (Phi) is 2.99. The second-order valence-electron chi connectivity index (χ2n) is 3.86. The van der Waals surface area contributed by atoms with Gasteiger partial charge in [0.15, 0.2) is 15.1 Å². The number of ether oxygens (including phenoxy) is 1. The van der Waals surface area contributed by atoms with Crippen LogP contribution in [0.4, 0.5) is 5.69 Å². The number of sulfone groups is 1. The van der Waals surface area contributed by atoms with Crippen LogP contribution in [-0.2, 0) is 9.84 Å². The van der Waals surface area contributed by atoms with E-state index in [1.807, 2.05) is 0 Å². The Bertz CT molecular complexity index is 596. The lowest BCUT2D eigenvalue weighted by Gasteiger charge is -2.12. The van der Waals surface area contributed by atoms with Gasteiger partial charge in [0.05, 0.1) is 4.92 Å². The highest BCUT2D eigenvalue weighted by atomic mass is 32.2. The molecule has 1 heterocycles. The zero-order valence-corrected chi connectivity index (χ0v) is 10.3. The number of fused-ring (bicyclic) bond motifs is 1. The van der Waals surface area contributed by atoms with E-state index in [-0.39, 0.29) is 22.8 Å². The molecule has 2 unspecified atom stereocenters. The van der Waals surface area contributed by atoms with Gasteiger partial charge in [-0.3, -0.25) is 10.1 Å². The molecule has 1 aromatic rings. The Morgan fingerprint density at radius 3 is 2.72 bits per heavy atom. The van der Waals surface area contributed by atoms with Crippen molar-refractivity contribution in [3.8, 4) is 5.75 Å². The van der Waals surface area contributed by atoms with Gasteiger partial charge in [-0.05, 0) is 6.07 Å². The first-order valence-corrected chi connectivity index (χ1v) is 6.93. The summed E-state index contributed by atoms with van der Waals surface area (Å²) >= 11 is 0. The van der Waals surface area contributed by atoms with Crippen LogP contribution >= 0.6 is 0 Å². The normalized spacial score (nSPS) is 22.3. The third-order valence-corrected chi connectivity index (χ3v) is 4.87. The number of benzene rings is 1. The van der Waals surface area contributed by atoms with Crippen molar-refractivity contribution in [1.82, 2.24) is 0 Å². The highest BCUT2D eigenvalue weighted by molar-refractivity contribution is 7.91. The molecule has 18 heavy (non-hydrogen) atoms. The number of rotatable bonds is 3. The molecule has 0 saturated heterocycles. The first-order valence-electron chi connectivity index (χ1n) is 5.21. The number of hydrogen-bond donors (Lipinski definition) is 1. The van der Waals surface area contributed by atoms with Crippen LogP contribution in [-0.4, -0.2) is 30.5 Å². The van der Waals surface area contributed by atoms with Crippen molar-refractivity contribution in [2.75, 3.05) is 5.75 Å². The topological polar surface area (TPSA) is 107 Å². The van der Waals surface area contributed by atoms with E-state index in [4.69, 9.17) is 4.74 Å². The standard InChI is InChI=1S/C10H11NO6S/c1-2-18(15,16)9-7-5-6(11(13)14)3-4-8(7)17-10(9)12/h3-5,9-10,12H,2H2,1H3. The van der Waals surface area contributed by atoms with Crippen LogP contribution < -0.4 is 4.74 Å². The zero-order valence-electron chi connectivity index (χ0n) is 9.44. The molecule has 0 spiro atoms. The van der Waals surface area contributed by atoms with Crippen molar-refractivity contribution < 1.29 is 23.2 Å². The Labute approximate surface area is 103 Å². The molecule has 98 valence electrons. The van der Waals surface area contributed by atoms with Crippen LogP contribution in [0, 0.1) is 10.1 Å². The maximum atomic E-state index is 11.8. The Hall–Kier alpha value is -1.67. The molecule has 2 rings (SSSR count). The molecule has 1 aliphatic heterocycles. The summed E-state index contributed by atoms with van der Waals surface area (Å²) in [6.45, 7) is 1.44. The van der Waals surface area contributed by atoms with Gasteiger partial charge < -0.3 is 9.84 Å². The SMILES string of the molecule is CCS(=O)(=O)C1c2cc([N+](=O)[O-])ccc2OC1O. The predicted molar refractivity (Wildman–Crippen MR) is 61.9 cm³/mol. The Morgan fingerprint density at radius 2 is 2.17 bits per heavy atom. The summed E-state index contributed by atoms with van der Waals surface area (Å²) in [5.41, 5.74) is -0.0960. The average Bonchev–Trinajstić information content (AvgIpc) is 2.64. The number of nitrogens with zero attached hydrogens (tertiary/aromatic N) is 1. The van der Waals surface area contributed by atoms with Gasteiger partial charge >= 0.3 is 0 Å². The van der Waals surface area contributed by atoms with E-state index < -0.39 is 26.3 Å². The second kappa shape index (κ2) is 4.21. The van der Waals surface area contributed by atoms with Crippen molar-refractivity contribution in [1.29, 1.82) is 0 Å². The zero-order chi connectivity index (χ0) is 13.5. The van der Waals surface area contributed by atoms with Gasteiger partial charge in [-0.25, -0.2) is 8.42 Å². The van der Waals surface area contributed by atoms with Crippen molar-refractivity contribution >= 4 is 15.5 Å². The molecular formula is C10H11NO6S. The van der Waals surface area contributed by atoms with Crippen LogP contribution in [0.25, 0.3) is 0 Å². The van der Waals surface area contributed by atoms with Gasteiger partial charge in [0.1, 0.15) is 5.75 Å². The fourth-order valence-corrected chi connectivity index (χ4v) is 3.22. The van der Waals surface area contributed by atoms with E-state index in [9.17, 15) is 23.6 Å². The molecule has 1 aromatic carbocycles. The molecule has 2 atom stereocenters. The highest BCUT2D eigenvalue weighted by Crippen LogP contribution is 2.42. The maximum Gasteiger partial charge on any atom is 0.270 e. The minimum atomic E-state index is -3.60. The first-order chi connectivity index (χ1) is 8.36. The number of aliphatic hydroxyl groups excluding tert-OH is 1. The largest absolute Gasteiger partial charge is 0.463 e. The molecule has 0 fully saturated rings. The molecule has 8 heteroatoms. The molecular weight excluding hydrogens is 262 g/mol. The average molecular weight is 273 g/mol. The fraction of sp³-hybridized carbons (Fsp3) is 0.400. The number of non-ortho nitro benzene ring substituents is 1. The van der Waals surface area contributed by atoms with Crippen LogP contribution in [0.15, 0.2) is 18.2 Å². The van der Waals surface area contributed by atoms with Crippen molar-refractivity contribution in [2.24, 2.45) is 0 Å². The number of aliphatic hydroxyl groups is 1. The van der Waals surface area contributed by atoms with E-state index in [0.29, 0.717) is 0 Å². The molecule has 0 radical (unpaired) electrons. The summed E-state index contributed by atoms with van der Waals surface area (Å²) in [5, 5.41) is 19.0. The lowest BCUT2D eigenvalue weighted by atomic mass is 10.1. The summed E-state index contributed by atoms with van der Waals surface area (Å²) in [7, 11) is -3.60. The summed E-state index contributed by atoms with van der Waals surface area (Å²) < 4.78 is 28.7.